The molecule has 0 aliphatic carbocycles. The number of phenolic OH excluding ortho intramolecular Hbond substituents is 1. The second kappa shape index (κ2) is 7.77. The van der Waals surface area contributed by atoms with E-state index >= 15 is 0 Å². The third-order valence-electron chi connectivity index (χ3n) is 6.39. The predicted molar refractivity (Wildman–Crippen MR) is 129 cm³/mol. The summed E-state index contributed by atoms with van der Waals surface area (Å²) in [4.78, 5) is 9.92. The average molecular weight is 421 g/mol. The van der Waals surface area contributed by atoms with E-state index in [1.54, 1.807) is 12.1 Å². The van der Waals surface area contributed by atoms with Gasteiger partial charge in [0, 0.05) is 23.4 Å². The molecule has 0 bridgehead atoms. The van der Waals surface area contributed by atoms with Gasteiger partial charge in [-0.1, -0.05) is 48.5 Å². The van der Waals surface area contributed by atoms with Crippen LogP contribution in [0.4, 0.5) is 0 Å². The number of benzene rings is 3. The zero-order chi connectivity index (χ0) is 21.5. The normalized spacial score (nSPS) is 14.9. The van der Waals surface area contributed by atoms with Gasteiger partial charge in [0.05, 0.1) is 0 Å². The fourth-order valence-corrected chi connectivity index (χ4v) is 4.77. The number of piperidine rings is 1. The lowest BCUT2D eigenvalue weighted by molar-refractivity contribution is 0.376. The summed E-state index contributed by atoms with van der Waals surface area (Å²) in [5.74, 6) is 1.11. The molecule has 32 heavy (non-hydrogen) atoms. The van der Waals surface area contributed by atoms with Gasteiger partial charge >= 0.3 is 0 Å². The molecule has 0 unspecified atom stereocenters. The van der Waals surface area contributed by atoms with Gasteiger partial charge in [-0.3, -0.25) is 0 Å². The van der Waals surface area contributed by atoms with Crippen molar-refractivity contribution in [3.8, 4) is 28.3 Å². The highest BCUT2D eigenvalue weighted by molar-refractivity contribution is 5.89. The van der Waals surface area contributed by atoms with E-state index in [4.69, 9.17) is 9.97 Å². The van der Waals surface area contributed by atoms with Crippen molar-refractivity contribution in [3.05, 3.63) is 79.0 Å². The lowest BCUT2D eigenvalue weighted by Crippen LogP contribution is -2.29. The number of nitrogens with zero attached hydrogens (tertiary/aromatic N) is 3. The molecule has 1 saturated heterocycles. The molecule has 6 rings (SSSR count). The van der Waals surface area contributed by atoms with E-state index in [2.05, 4.69) is 58.4 Å². The van der Waals surface area contributed by atoms with Crippen LogP contribution >= 0.6 is 0 Å². The minimum Gasteiger partial charge on any atom is -0.508 e. The molecule has 5 aromatic rings. The van der Waals surface area contributed by atoms with Gasteiger partial charge in [0.15, 0.2) is 5.65 Å². The quantitative estimate of drug-likeness (QED) is 0.402. The summed E-state index contributed by atoms with van der Waals surface area (Å²) in [5.41, 5.74) is 4.88. The smallest absolute Gasteiger partial charge is 0.160 e. The molecule has 1 fully saturated rings. The van der Waals surface area contributed by atoms with Crippen molar-refractivity contribution in [1.82, 2.24) is 19.9 Å². The minimum atomic E-state index is 0.247. The van der Waals surface area contributed by atoms with Crippen molar-refractivity contribution >= 4 is 21.9 Å². The summed E-state index contributed by atoms with van der Waals surface area (Å²) >= 11 is 0. The lowest BCUT2D eigenvalue weighted by Gasteiger charge is -2.26. The van der Waals surface area contributed by atoms with E-state index in [0.29, 0.717) is 6.04 Å². The standard InChI is InChI=1S/C27H24N4O/c32-24-7-3-6-21(15-24)26-30-25-16-22(20-9-8-18-4-1-2-5-19(18)14-20)17-29-27(25)31(26)23-10-12-28-13-11-23/h1-9,14-17,23,28,32H,10-13H2. The average Bonchev–Trinajstić information content (AvgIpc) is 3.23. The molecule has 1 aliphatic rings. The summed E-state index contributed by atoms with van der Waals surface area (Å²) in [5, 5.41) is 16.0. The molecular weight excluding hydrogens is 396 g/mol. The number of rotatable bonds is 3. The van der Waals surface area contributed by atoms with E-state index in [1.165, 1.54) is 10.8 Å². The van der Waals surface area contributed by atoms with Crippen LogP contribution in [0.2, 0.25) is 0 Å². The SMILES string of the molecule is Oc1cccc(-c2nc3cc(-c4ccc5ccccc5c4)cnc3n2C2CCNCC2)c1. The third-order valence-corrected chi connectivity index (χ3v) is 6.39. The minimum absolute atomic E-state index is 0.247. The first-order chi connectivity index (χ1) is 15.8. The Bertz CT molecular complexity index is 1430. The maximum Gasteiger partial charge on any atom is 0.160 e. The summed E-state index contributed by atoms with van der Waals surface area (Å²) in [6.45, 7) is 1.97. The Balaban J connectivity index is 1.52. The molecule has 3 aromatic carbocycles. The van der Waals surface area contributed by atoms with Crippen LogP contribution in [0.25, 0.3) is 44.5 Å². The third kappa shape index (κ3) is 3.31. The number of aromatic nitrogens is 3. The number of imidazole rings is 1. The van der Waals surface area contributed by atoms with E-state index in [0.717, 1.165) is 59.6 Å². The molecule has 2 N–H and O–H groups in total. The highest BCUT2D eigenvalue weighted by Crippen LogP contribution is 2.34. The topological polar surface area (TPSA) is 63.0 Å². The molecular formula is C27H24N4O. The first kappa shape index (κ1) is 19.0. The van der Waals surface area contributed by atoms with Gasteiger partial charge in [0.2, 0.25) is 0 Å². The van der Waals surface area contributed by atoms with E-state index in [1.807, 2.05) is 18.3 Å². The molecule has 1 aliphatic heterocycles. The highest BCUT2D eigenvalue weighted by atomic mass is 16.3. The maximum absolute atomic E-state index is 10.1. The number of phenols is 1. The van der Waals surface area contributed by atoms with Crippen LogP contribution in [0.1, 0.15) is 18.9 Å². The Hall–Kier alpha value is -3.70. The van der Waals surface area contributed by atoms with Gasteiger partial charge in [0.25, 0.3) is 0 Å². The van der Waals surface area contributed by atoms with Gasteiger partial charge in [0.1, 0.15) is 17.1 Å². The Morgan fingerprint density at radius 2 is 1.66 bits per heavy atom. The Morgan fingerprint density at radius 3 is 2.50 bits per heavy atom. The molecule has 5 heteroatoms. The maximum atomic E-state index is 10.1. The highest BCUT2D eigenvalue weighted by Gasteiger charge is 2.23. The Labute approximate surface area is 186 Å². The van der Waals surface area contributed by atoms with Crippen molar-refractivity contribution in [2.45, 2.75) is 18.9 Å². The molecule has 0 atom stereocenters. The van der Waals surface area contributed by atoms with Crippen molar-refractivity contribution < 1.29 is 5.11 Å². The van der Waals surface area contributed by atoms with E-state index in [-0.39, 0.29) is 5.75 Å². The van der Waals surface area contributed by atoms with E-state index < -0.39 is 0 Å². The van der Waals surface area contributed by atoms with Gasteiger partial charge < -0.3 is 15.0 Å². The van der Waals surface area contributed by atoms with Gasteiger partial charge in [-0.25, -0.2) is 9.97 Å². The van der Waals surface area contributed by atoms with Crippen LogP contribution in [0.15, 0.2) is 79.0 Å². The number of hydrogen-bond acceptors (Lipinski definition) is 4. The van der Waals surface area contributed by atoms with Crippen LogP contribution < -0.4 is 5.32 Å². The number of hydrogen-bond donors (Lipinski definition) is 2. The molecule has 3 heterocycles. The monoisotopic (exact) mass is 420 g/mol. The summed E-state index contributed by atoms with van der Waals surface area (Å²) in [7, 11) is 0. The van der Waals surface area contributed by atoms with Crippen LogP contribution in [-0.2, 0) is 0 Å². The molecule has 158 valence electrons. The molecule has 0 amide bonds. The van der Waals surface area contributed by atoms with Gasteiger partial charge in [-0.15, -0.1) is 0 Å². The molecule has 0 spiro atoms. The van der Waals surface area contributed by atoms with Crippen molar-refractivity contribution in [1.29, 1.82) is 0 Å². The van der Waals surface area contributed by atoms with Crippen LogP contribution in [0.3, 0.4) is 0 Å². The molecule has 0 radical (unpaired) electrons. The van der Waals surface area contributed by atoms with E-state index in [9.17, 15) is 5.11 Å². The second-order valence-corrected chi connectivity index (χ2v) is 8.47. The largest absolute Gasteiger partial charge is 0.508 e. The fourth-order valence-electron chi connectivity index (χ4n) is 4.77. The van der Waals surface area contributed by atoms with Crippen molar-refractivity contribution in [2.75, 3.05) is 13.1 Å². The van der Waals surface area contributed by atoms with Crippen LogP contribution in [0, 0.1) is 0 Å². The number of fused-ring (bicyclic) bond motifs is 2. The molecule has 2 aromatic heterocycles. The van der Waals surface area contributed by atoms with Gasteiger partial charge in [-0.2, -0.15) is 0 Å². The summed E-state index contributed by atoms with van der Waals surface area (Å²) in [6, 6.07) is 24.7. The summed E-state index contributed by atoms with van der Waals surface area (Å²) in [6.07, 6.45) is 4.02. The Morgan fingerprint density at radius 1 is 0.812 bits per heavy atom. The van der Waals surface area contributed by atoms with Crippen molar-refractivity contribution in [3.63, 3.8) is 0 Å². The van der Waals surface area contributed by atoms with Crippen LogP contribution in [-0.4, -0.2) is 32.7 Å². The van der Waals surface area contributed by atoms with Crippen LogP contribution in [0.5, 0.6) is 5.75 Å². The predicted octanol–water partition coefficient (Wildman–Crippen LogP) is 5.55. The molecule has 0 saturated carbocycles. The Kier molecular flexibility index (Phi) is 4.62. The van der Waals surface area contributed by atoms with Gasteiger partial charge in [-0.05, 0) is 66.5 Å². The summed E-state index contributed by atoms with van der Waals surface area (Å²) < 4.78 is 2.27. The number of aromatic hydroxyl groups is 1. The first-order valence-electron chi connectivity index (χ1n) is 11.1. The number of pyridine rings is 1. The second-order valence-electron chi connectivity index (χ2n) is 8.47. The fraction of sp³-hybridized carbons (Fsp3) is 0.185. The number of nitrogens with one attached hydrogen (secondary N) is 1. The van der Waals surface area contributed by atoms with Crippen molar-refractivity contribution in [2.24, 2.45) is 0 Å². The first-order valence-corrected chi connectivity index (χ1v) is 11.1. The zero-order valence-corrected chi connectivity index (χ0v) is 17.7. The molecule has 5 nitrogen and oxygen atoms in total. The zero-order valence-electron chi connectivity index (χ0n) is 17.7. The lowest BCUT2D eigenvalue weighted by atomic mass is 10.0.